The van der Waals surface area contributed by atoms with Crippen molar-refractivity contribution in [1.82, 2.24) is 4.90 Å². The van der Waals surface area contributed by atoms with Crippen LogP contribution < -0.4 is 10.1 Å². The van der Waals surface area contributed by atoms with Gasteiger partial charge in [-0.2, -0.15) is 0 Å². The van der Waals surface area contributed by atoms with E-state index >= 15 is 0 Å². The number of benzene rings is 1. The van der Waals surface area contributed by atoms with Gasteiger partial charge in [-0.3, -0.25) is 0 Å². The maximum absolute atomic E-state index is 11.9. The van der Waals surface area contributed by atoms with Crippen molar-refractivity contribution in [3.05, 3.63) is 35.9 Å². The highest BCUT2D eigenvalue weighted by atomic mass is 35.5. The Kier molecular flexibility index (Phi) is 6.18. The highest BCUT2D eigenvalue weighted by Crippen LogP contribution is 2.27. The zero-order valence-electron chi connectivity index (χ0n) is 10.7. The normalized spacial score (nSPS) is 9.84. The first-order chi connectivity index (χ1) is 9.12. The number of hydrogen-bond donors (Lipinski definition) is 2. The number of hydrogen-bond acceptors (Lipinski definition) is 3. The van der Waals surface area contributed by atoms with Crippen LogP contribution in [0.5, 0.6) is 5.75 Å². The second-order valence-corrected chi connectivity index (χ2v) is 4.14. The number of anilines is 1. The van der Waals surface area contributed by atoms with Crippen molar-refractivity contribution in [2.75, 3.05) is 32.1 Å². The molecule has 0 aromatic heterocycles. The first-order valence-electron chi connectivity index (χ1n) is 5.73. The fourth-order valence-corrected chi connectivity index (χ4v) is 1.76. The molecule has 2 N–H and O–H groups in total. The minimum Gasteiger partial charge on any atom is -0.495 e. The number of urea groups is 1. The van der Waals surface area contributed by atoms with E-state index in [1.807, 2.05) is 0 Å². The Bertz CT molecular complexity index is 452. The topological polar surface area (TPSA) is 61.8 Å². The zero-order valence-corrected chi connectivity index (χ0v) is 11.5. The molecule has 0 atom stereocenters. The Labute approximate surface area is 117 Å². The predicted molar refractivity (Wildman–Crippen MR) is 75.9 cm³/mol. The first kappa shape index (κ1) is 15.3. The van der Waals surface area contributed by atoms with Crippen LogP contribution in [0, 0.1) is 0 Å². The Morgan fingerprint density at radius 3 is 2.89 bits per heavy atom. The molecular formula is C13H17ClN2O3. The minimum absolute atomic E-state index is 0.107. The van der Waals surface area contributed by atoms with E-state index in [1.54, 1.807) is 24.3 Å². The second kappa shape index (κ2) is 7.66. The van der Waals surface area contributed by atoms with Crippen LogP contribution in [0.3, 0.4) is 0 Å². The number of ether oxygens (including phenoxy) is 1. The van der Waals surface area contributed by atoms with Crippen LogP contribution in [0.1, 0.15) is 0 Å². The van der Waals surface area contributed by atoms with Gasteiger partial charge in [-0.25, -0.2) is 4.79 Å². The summed E-state index contributed by atoms with van der Waals surface area (Å²) >= 11 is 5.97. The lowest BCUT2D eigenvalue weighted by atomic mass is 10.3. The van der Waals surface area contributed by atoms with Crippen LogP contribution in [0.15, 0.2) is 30.9 Å². The Hall–Kier alpha value is -1.72. The molecule has 0 fully saturated rings. The van der Waals surface area contributed by atoms with Gasteiger partial charge in [0, 0.05) is 18.8 Å². The fourth-order valence-electron chi connectivity index (χ4n) is 1.50. The summed E-state index contributed by atoms with van der Waals surface area (Å²) in [6.45, 7) is 4.06. The molecule has 0 unspecified atom stereocenters. The summed E-state index contributed by atoms with van der Waals surface area (Å²) in [5, 5.41) is 12.0. The lowest BCUT2D eigenvalue weighted by Crippen LogP contribution is -2.37. The number of aliphatic hydroxyl groups is 1. The molecule has 1 aromatic carbocycles. The number of aliphatic hydroxyl groups excluding tert-OH is 1. The molecule has 104 valence electrons. The lowest BCUT2D eigenvalue weighted by molar-refractivity contribution is 0.195. The number of halogens is 1. The van der Waals surface area contributed by atoms with Crippen molar-refractivity contribution in [1.29, 1.82) is 0 Å². The van der Waals surface area contributed by atoms with Crippen molar-refractivity contribution in [2.24, 2.45) is 0 Å². The Morgan fingerprint density at radius 2 is 2.37 bits per heavy atom. The number of amides is 2. The number of methoxy groups -OCH3 is 1. The SMILES string of the molecule is C=CCN(CCO)C(=O)Nc1ccc(OC)c(Cl)c1. The predicted octanol–water partition coefficient (Wildman–Crippen LogP) is 2.36. The summed E-state index contributed by atoms with van der Waals surface area (Å²) in [7, 11) is 1.52. The van der Waals surface area contributed by atoms with E-state index in [0.29, 0.717) is 23.0 Å². The molecule has 5 nitrogen and oxygen atoms in total. The number of carbonyl (C=O) groups excluding carboxylic acids is 1. The second-order valence-electron chi connectivity index (χ2n) is 3.74. The van der Waals surface area contributed by atoms with Gasteiger partial charge in [-0.1, -0.05) is 17.7 Å². The Morgan fingerprint density at radius 1 is 1.63 bits per heavy atom. The van der Waals surface area contributed by atoms with E-state index in [1.165, 1.54) is 12.0 Å². The van der Waals surface area contributed by atoms with Gasteiger partial charge in [0.25, 0.3) is 0 Å². The number of nitrogens with one attached hydrogen (secondary N) is 1. The molecule has 1 aromatic rings. The highest BCUT2D eigenvalue weighted by Gasteiger charge is 2.12. The summed E-state index contributed by atoms with van der Waals surface area (Å²) in [5.74, 6) is 0.540. The summed E-state index contributed by atoms with van der Waals surface area (Å²) in [6, 6.07) is 4.63. The van der Waals surface area contributed by atoms with Crippen molar-refractivity contribution < 1.29 is 14.6 Å². The van der Waals surface area contributed by atoms with E-state index in [4.69, 9.17) is 21.4 Å². The highest BCUT2D eigenvalue weighted by molar-refractivity contribution is 6.32. The summed E-state index contributed by atoms with van der Waals surface area (Å²) in [6.07, 6.45) is 1.59. The van der Waals surface area contributed by atoms with Crippen LogP contribution in [0.25, 0.3) is 0 Å². The number of carbonyl (C=O) groups is 1. The average molecular weight is 285 g/mol. The van der Waals surface area contributed by atoms with Crippen molar-refractivity contribution in [2.45, 2.75) is 0 Å². The van der Waals surface area contributed by atoms with Crippen molar-refractivity contribution in [3.63, 3.8) is 0 Å². The van der Waals surface area contributed by atoms with Crippen molar-refractivity contribution in [3.8, 4) is 5.75 Å². The summed E-state index contributed by atoms with van der Waals surface area (Å²) < 4.78 is 5.03. The van der Waals surface area contributed by atoms with E-state index in [9.17, 15) is 4.79 Å². The van der Waals surface area contributed by atoms with Crippen molar-refractivity contribution >= 4 is 23.3 Å². The van der Waals surface area contributed by atoms with Crippen LogP contribution in [-0.4, -0.2) is 42.8 Å². The van der Waals surface area contributed by atoms with E-state index in [2.05, 4.69) is 11.9 Å². The summed E-state index contributed by atoms with van der Waals surface area (Å²) in [5.41, 5.74) is 0.558. The monoisotopic (exact) mass is 284 g/mol. The number of rotatable bonds is 6. The van der Waals surface area contributed by atoms with E-state index in [0.717, 1.165) is 0 Å². The molecule has 0 spiro atoms. The Balaban J connectivity index is 2.74. The van der Waals surface area contributed by atoms with Crippen LogP contribution in [0.4, 0.5) is 10.5 Å². The van der Waals surface area contributed by atoms with Crippen LogP contribution >= 0.6 is 11.6 Å². The molecule has 0 heterocycles. The molecule has 0 saturated heterocycles. The molecule has 6 heteroatoms. The largest absolute Gasteiger partial charge is 0.495 e. The minimum atomic E-state index is -0.324. The zero-order chi connectivity index (χ0) is 14.3. The quantitative estimate of drug-likeness (QED) is 0.788. The summed E-state index contributed by atoms with van der Waals surface area (Å²) in [4.78, 5) is 13.4. The van der Waals surface area contributed by atoms with Gasteiger partial charge in [0.05, 0.1) is 18.7 Å². The molecular weight excluding hydrogens is 268 g/mol. The van der Waals surface area contributed by atoms with E-state index < -0.39 is 0 Å². The molecule has 2 amide bonds. The third-order valence-electron chi connectivity index (χ3n) is 2.41. The van der Waals surface area contributed by atoms with Crippen LogP contribution in [-0.2, 0) is 0 Å². The average Bonchev–Trinajstić information content (AvgIpc) is 2.38. The maximum Gasteiger partial charge on any atom is 0.322 e. The molecule has 0 radical (unpaired) electrons. The van der Waals surface area contributed by atoms with Gasteiger partial charge in [0.15, 0.2) is 0 Å². The smallest absolute Gasteiger partial charge is 0.322 e. The van der Waals surface area contributed by atoms with Gasteiger partial charge in [-0.05, 0) is 18.2 Å². The maximum atomic E-state index is 11.9. The molecule has 19 heavy (non-hydrogen) atoms. The van der Waals surface area contributed by atoms with Gasteiger partial charge in [0.1, 0.15) is 5.75 Å². The molecule has 0 bridgehead atoms. The first-order valence-corrected chi connectivity index (χ1v) is 6.11. The van der Waals surface area contributed by atoms with Gasteiger partial charge in [0.2, 0.25) is 0 Å². The third-order valence-corrected chi connectivity index (χ3v) is 2.71. The molecule has 0 aliphatic rings. The number of nitrogens with zero attached hydrogens (tertiary/aromatic N) is 1. The lowest BCUT2D eigenvalue weighted by Gasteiger charge is -2.20. The molecule has 1 rings (SSSR count). The molecule has 0 saturated carbocycles. The third kappa shape index (κ3) is 4.46. The van der Waals surface area contributed by atoms with Gasteiger partial charge >= 0.3 is 6.03 Å². The van der Waals surface area contributed by atoms with Gasteiger partial charge in [-0.15, -0.1) is 6.58 Å². The van der Waals surface area contributed by atoms with Gasteiger partial charge < -0.3 is 20.1 Å². The van der Waals surface area contributed by atoms with Crippen LogP contribution in [0.2, 0.25) is 5.02 Å². The standard InChI is InChI=1S/C13H17ClN2O3/c1-3-6-16(7-8-17)13(18)15-10-4-5-12(19-2)11(14)9-10/h3-5,9,17H,1,6-8H2,2H3,(H,15,18). The van der Waals surface area contributed by atoms with E-state index in [-0.39, 0.29) is 19.2 Å². The fraction of sp³-hybridized carbons (Fsp3) is 0.308. The molecule has 0 aliphatic heterocycles. The molecule has 0 aliphatic carbocycles.